The van der Waals surface area contributed by atoms with E-state index in [0.29, 0.717) is 12.5 Å². The SMILES string of the molecule is CC(=O)N1CC(O)CC2(CCN(Cc3ccc(CC(C)C)s3)CC2)C1. The van der Waals surface area contributed by atoms with Crippen LogP contribution >= 0.6 is 11.3 Å². The Morgan fingerprint density at radius 3 is 2.64 bits per heavy atom. The van der Waals surface area contributed by atoms with Gasteiger partial charge < -0.3 is 10.0 Å². The lowest BCUT2D eigenvalue weighted by atomic mass is 9.71. The fraction of sp³-hybridized carbons (Fsp3) is 0.750. The van der Waals surface area contributed by atoms with Gasteiger partial charge in [0, 0.05) is 36.3 Å². The number of β-amino-alcohol motifs (C(OH)–C–C–N with tert-alkyl or cyclic N) is 1. The smallest absolute Gasteiger partial charge is 0.219 e. The maximum Gasteiger partial charge on any atom is 0.219 e. The van der Waals surface area contributed by atoms with Crippen molar-refractivity contribution in [2.45, 2.75) is 59.1 Å². The molecule has 0 radical (unpaired) electrons. The first-order valence-electron chi connectivity index (χ1n) is 9.59. The first-order chi connectivity index (χ1) is 11.8. The molecule has 4 nitrogen and oxygen atoms in total. The number of hydrogen-bond donors (Lipinski definition) is 1. The van der Waals surface area contributed by atoms with Crippen molar-refractivity contribution < 1.29 is 9.90 Å². The Labute approximate surface area is 155 Å². The predicted molar refractivity (Wildman–Crippen MR) is 103 cm³/mol. The van der Waals surface area contributed by atoms with E-state index in [2.05, 4.69) is 30.9 Å². The highest BCUT2D eigenvalue weighted by Gasteiger charge is 2.42. The van der Waals surface area contributed by atoms with Gasteiger partial charge in [0.25, 0.3) is 0 Å². The van der Waals surface area contributed by atoms with Crippen molar-refractivity contribution in [3.8, 4) is 0 Å². The molecule has 1 unspecified atom stereocenters. The van der Waals surface area contributed by atoms with E-state index in [9.17, 15) is 9.90 Å². The molecule has 1 aromatic rings. The van der Waals surface area contributed by atoms with Crippen LogP contribution in [0.4, 0.5) is 0 Å². The maximum absolute atomic E-state index is 11.8. The highest BCUT2D eigenvalue weighted by atomic mass is 32.1. The zero-order valence-electron chi connectivity index (χ0n) is 15.8. The third kappa shape index (κ3) is 4.83. The molecule has 1 aromatic heterocycles. The van der Waals surface area contributed by atoms with Crippen molar-refractivity contribution in [2.75, 3.05) is 26.2 Å². The molecule has 2 aliphatic rings. The van der Waals surface area contributed by atoms with E-state index in [1.165, 1.54) is 16.2 Å². The van der Waals surface area contributed by atoms with E-state index < -0.39 is 0 Å². The van der Waals surface area contributed by atoms with Gasteiger partial charge in [-0.05, 0) is 62.2 Å². The Kier molecular flexibility index (Phi) is 5.86. The highest BCUT2D eigenvalue weighted by Crippen LogP contribution is 2.40. The topological polar surface area (TPSA) is 43.8 Å². The molecule has 1 N–H and O–H groups in total. The van der Waals surface area contributed by atoms with Gasteiger partial charge in [-0.2, -0.15) is 0 Å². The average Bonchev–Trinajstić information content (AvgIpc) is 2.95. The van der Waals surface area contributed by atoms with Crippen LogP contribution in [-0.4, -0.2) is 53.1 Å². The van der Waals surface area contributed by atoms with E-state index in [4.69, 9.17) is 0 Å². The minimum atomic E-state index is -0.361. The fourth-order valence-corrected chi connectivity index (χ4v) is 5.65. The maximum atomic E-state index is 11.8. The monoisotopic (exact) mass is 364 g/mol. The van der Waals surface area contributed by atoms with E-state index in [1.807, 2.05) is 16.2 Å². The second-order valence-corrected chi connectivity index (χ2v) is 9.75. The number of rotatable bonds is 4. The van der Waals surface area contributed by atoms with Crippen LogP contribution in [0.5, 0.6) is 0 Å². The second kappa shape index (κ2) is 7.77. The number of carbonyl (C=O) groups excluding carboxylic acids is 1. The van der Waals surface area contributed by atoms with Crippen molar-refractivity contribution >= 4 is 17.2 Å². The van der Waals surface area contributed by atoms with Gasteiger partial charge in [-0.3, -0.25) is 9.69 Å². The zero-order valence-corrected chi connectivity index (χ0v) is 16.6. The zero-order chi connectivity index (χ0) is 18.0. The molecular formula is C20H32N2O2S. The van der Waals surface area contributed by atoms with Gasteiger partial charge in [-0.15, -0.1) is 11.3 Å². The van der Waals surface area contributed by atoms with Crippen LogP contribution in [0.2, 0.25) is 0 Å². The van der Waals surface area contributed by atoms with E-state index in [-0.39, 0.29) is 17.4 Å². The molecule has 0 aromatic carbocycles. The molecule has 2 saturated heterocycles. The van der Waals surface area contributed by atoms with Gasteiger partial charge in [0.05, 0.1) is 6.10 Å². The molecule has 25 heavy (non-hydrogen) atoms. The largest absolute Gasteiger partial charge is 0.391 e. The number of likely N-dealkylation sites (tertiary alicyclic amines) is 2. The summed E-state index contributed by atoms with van der Waals surface area (Å²) in [6.07, 6.45) is 3.82. The lowest BCUT2D eigenvalue weighted by molar-refractivity contribution is -0.138. The Morgan fingerprint density at radius 1 is 1.32 bits per heavy atom. The third-order valence-corrected chi connectivity index (χ3v) is 6.79. The van der Waals surface area contributed by atoms with Gasteiger partial charge in [0.15, 0.2) is 0 Å². The third-order valence-electron chi connectivity index (χ3n) is 5.69. The summed E-state index contributed by atoms with van der Waals surface area (Å²) in [5.41, 5.74) is 0.123. The Morgan fingerprint density at radius 2 is 2.00 bits per heavy atom. The molecule has 2 fully saturated rings. The van der Waals surface area contributed by atoms with Crippen LogP contribution in [0, 0.1) is 11.3 Å². The first kappa shape index (κ1) is 18.9. The lowest BCUT2D eigenvalue weighted by Gasteiger charge is -2.49. The van der Waals surface area contributed by atoms with Gasteiger partial charge >= 0.3 is 0 Å². The molecule has 0 aliphatic carbocycles. The molecule has 1 atom stereocenters. The number of carbonyl (C=O) groups is 1. The second-order valence-electron chi connectivity index (χ2n) is 8.50. The van der Waals surface area contributed by atoms with Crippen molar-refractivity contribution in [1.82, 2.24) is 9.80 Å². The van der Waals surface area contributed by atoms with Crippen LogP contribution in [0.25, 0.3) is 0 Å². The standard InChI is InChI=1S/C20H32N2O2S/c1-15(2)10-18-4-5-19(25-18)13-21-8-6-20(7-9-21)11-17(24)12-22(14-20)16(3)23/h4-5,15,17,24H,6-14H2,1-3H3. The Balaban J connectivity index is 1.54. The van der Waals surface area contributed by atoms with Crippen molar-refractivity contribution in [2.24, 2.45) is 11.3 Å². The molecule has 3 rings (SSSR count). The molecule has 1 spiro atoms. The number of thiophene rings is 1. The number of piperidine rings is 2. The molecule has 0 saturated carbocycles. The number of hydrogen-bond acceptors (Lipinski definition) is 4. The van der Waals surface area contributed by atoms with Gasteiger partial charge in [0.2, 0.25) is 5.91 Å². The molecule has 140 valence electrons. The summed E-state index contributed by atoms with van der Waals surface area (Å²) in [4.78, 5) is 19.1. The molecule has 0 bridgehead atoms. The van der Waals surface area contributed by atoms with Crippen molar-refractivity contribution in [1.29, 1.82) is 0 Å². The summed E-state index contributed by atoms with van der Waals surface area (Å²) in [5.74, 6) is 0.806. The van der Waals surface area contributed by atoms with Crippen molar-refractivity contribution in [3.63, 3.8) is 0 Å². The highest BCUT2D eigenvalue weighted by molar-refractivity contribution is 7.11. The van der Waals surface area contributed by atoms with Crippen LogP contribution in [0.15, 0.2) is 12.1 Å². The summed E-state index contributed by atoms with van der Waals surface area (Å²) in [5, 5.41) is 10.2. The van der Waals surface area contributed by atoms with Gasteiger partial charge in [-0.1, -0.05) is 13.8 Å². The fourth-order valence-electron chi connectivity index (χ4n) is 4.38. The first-order valence-corrected chi connectivity index (χ1v) is 10.4. The van der Waals surface area contributed by atoms with Crippen LogP contribution in [0.1, 0.15) is 49.8 Å². The predicted octanol–water partition coefficient (Wildman–Crippen LogP) is 3.14. The number of aliphatic hydroxyl groups is 1. The van der Waals surface area contributed by atoms with Crippen LogP contribution in [0.3, 0.4) is 0 Å². The number of aliphatic hydroxyl groups excluding tert-OH is 1. The number of amides is 1. The minimum Gasteiger partial charge on any atom is -0.391 e. The normalized spacial score (nSPS) is 24.2. The van der Waals surface area contributed by atoms with E-state index >= 15 is 0 Å². The summed E-state index contributed by atoms with van der Waals surface area (Å²) < 4.78 is 0. The molecule has 3 heterocycles. The minimum absolute atomic E-state index is 0.0943. The van der Waals surface area contributed by atoms with Crippen LogP contribution in [-0.2, 0) is 17.8 Å². The summed E-state index contributed by atoms with van der Waals surface area (Å²) >= 11 is 1.95. The van der Waals surface area contributed by atoms with Crippen LogP contribution < -0.4 is 0 Å². The van der Waals surface area contributed by atoms with Gasteiger partial charge in [0.1, 0.15) is 0 Å². The lowest BCUT2D eigenvalue weighted by Crippen LogP contribution is -2.54. The molecule has 1 amide bonds. The van der Waals surface area contributed by atoms with Crippen molar-refractivity contribution in [3.05, 3.63) is 21.9 Å². The summed E-state index contributed by atoms with van der Waals surface area (Å²) in [6, 6.07) is 4.57. The average molecular weight is 365 g/mol. The Hall–Kier alpha value is -0.910. The summed E-state index contributed by atoms with van der Waals surface area (Å²) in [6.45, 7) is 10.7. The number of nitrogens with zero attached hydrogens (tertiary/aromatic N) is 2. The van der Waals surface area contributed by atoms with E-state index in [1.54, 1.807) is 6.92 Å². The Bertz CT molecular complexity index is 590. The van der Waals surface area contributed by atoms with Gasteiger partial charge in [-0.25, -0.2) is 0 Å². The van der Waals surface area contributed by atoms with E-state index in [0.717, 1.165) is 45.4 Å². The summed E-state index contributed by atoms with van der Waals surface area (Å²) in [7, 11) is 0. The molecular weight excluding hydrogens is 332 g/mol. The molecule has 5 heteroatoms. The quantitative estimate of drug-likeness (QED) is 0.893. The molecule has 2 aliphatic heterocycles.